The summed E-state index contributed by atoms with van der Waals surface area (Å²) in [5.41, 5.74) is 0.939. The topological polar surface area (TPSA) is 70.2 Å². The highest BCUT2D eigenvalue weighted by Gasteiger charge is 2.30. The Morgan fingerprint density at radius 1 is 1.07 bits per heavy atom. The number of likely N-dealkylation sites (N-methyl/N-ethyl adjacent to an activating group) is 1. The Balaban J connectivity index is 1.31. The molecule has 2 aromatic carbocycles. The van der Waals surface area contributed by atoms with Crippen molar-refractivity contribution < 1.29 is 17.9 Å². The number of ether oxygens (including phenoxy) is 1. The van der Waals surface area contributed by atoms with Gasteiger partial charge >= 0.3 is 6.09 Å². The Morgan fingerprint density at radius 3 is 2.38 bits per heavy atom. The lowest BCUT2D eigenvalue weighted by molar-refractivity contribution is 0.0663. The number of likely N-dealkylation sites (tertiary alicyclic amines) is 1. The van der Waals surface area contributed by atoms with Crippen LogP contribution in [0.3, 0.4) is 0 Å². The minimum absolute atomic E-state index is 0.0332. The van der Waals surface area contributed by atoms with Gasteiger partial charge in [-0.15, -0.1) is 17.8 Å². The van der Waals surface area contributed by atoms with Crippen LogP contribution in [0.15, 0.2) is 83.1 Å². The number of amides is 1. The van der Waals surface area contributed by atoms with Crippen LogP contribution in [0, 0.1) is 12.3 Å². The van der Waals surface area contributed by atoms with Gasteiger partial charge < -0.3 is 9.64 Å². The summed E-state index contributed by atoms with van der Waals surface area (Å²) >= 11 is 1.67. The number of benzene rings is 2. The van der Waals surface area contributed by atoms with E-state index in [1.807, 2.05) is 47.8 Å². The lowest BCUT2D eigenvalue weighted by atomic mass is 10.00. The first kappa shape index (κ1) is 29.8. The minimum atomic E-state index is -3.56. The molecule has 0 aliphatic carbocycles. The SMILES string of the molecule is C#CCN(C(=O)OCc1ccccc1)C1CCN(CC[C@H](CN(C)S(=O)(=O)c2ccccc2)c2cccs2)CC1. The van der Waals surface area contributed by atoms with E-state index in [4.69, 9.17) is 11.2 Å². The Hall–Kier alpha value is -3.16. The lowest BCUT2D eigenvalue weighted by Crippen LogP contribution is -2.48. The third kappa shape index (κ3) is 7.95. The van der Waals surface area contributed by atoms with E-state index in [2.05, 4.69) is 16.9 Å². The van der Waals surface area contributed by atoms with E-state index in [1.54, 1.807) is 47.5 Å². The molecular weight excluding hydrogens is 542 g/mol. The van der Waals surface area contributed by atoms with Crippen molar-refractivity contribution >= 4 is 27.5 Å². The molecule has 212 valence electrons. The van der Waals surface area contributed by atoms with Gasteiger partial charge in [0.25, 0.3) is 0 Å². The lowest BCUT2D eigenvalue weighted by Gasteiger charge is -2.37. The van der Waals surface area contributed by atoms with E-state index in [9.17, 15) is 13.2 Å². The summed E-state index contributed by atoms with van der Waals surface area (Å²) in [6.07, 6.45) is 7.68. The number of hydrogen-bond donors (Lipinski definition) is 0. The van der Waals surface area contributed by atoms with Crippen LogP contribution in [0.5, 0.6) is 0 Å². The number of thiophene rings is 1. The number of sulfonamides is 1. The van der Waals surface area contributed by atoms with Crippen LogP contribution >= 0.6 is 11.3 Å². The molecule has 2 heterocycles. The molecule has 0 radical (unpaired) electrons. The first-order valence-corrected chi connectivity index (χ1v) is 15.9. The number of terminal acetylenes is 1. The molecule has 1 atom stereocenters. The normalized spacial score (nSPS) is 15.4. The molecule has 1 aliphatic heterocycles. The van der Waals surface area contributed by atoms with Crippen LogP contribution in [0.4, 0.5) is 4.79 Å². The highest BCUT2D eigenvalue weighted by molar-refractivity contribution is 7.89. The van der Waals surface area contributed by atoms with Crippen LogP contribution in [-0.4, -0.2) is 74.4 Å². The second kappa shape index (κ2) is 14.5. The van der Waals surface area contributed by atoms with Crippen molar-refractivity contribution in [3.05, 3.63) is 88.6 Å². The average Bonchev–Trinajstić information content (AvgIpc) is 3.53. The van der Waals surface area contributed by atoms with Crippen LogP contribution in [0.25, 0.3) is 0 Å². The first-order valence-electron chi connectivity index (χ1n) is 13.6. The fourth-order valence-corrected chi connectivity index (χ4v) is 7.16. The molecule has 4 rings (SSSR count). The monoisotopic (exact) mass is 579 g/mol. The number of carbonyl (C=O) groups is 1. The molecule has 7 nitrogen and oxygen atoms in total. The quantitative estimate of drug-likeness (QED) is 0.273. The smallest absolute Gasteiger partial charge is 0.411 e. The Bertz CT molecular complexity index is 1330. The Kier molecular flexibility index (Phi) is 10.8. The summed E-state index contributed by atoms with van der Waals surface area (Å²) in [6, 6.07) is 22.3. The highest BCUT2D eigenvalue weighted by atomic mass is 32.2. The molecule has 1 aromatic heterocycles. The van der Waals surface area contributed by atoms with E-state index in [0.29, 0.717) is 11.4 Å². The second-order valence-corrected chi connectivity index (χ2v) is 13.1. The Labute approximate surface area is 242 Å². The predicted octanol–water partition coefficient (Wildman–Crippen LogP) is 5.28. The van der Waals surface area contributed by atoms with Crippen LogP contribution < -0.4 is 0 Å². The standard InChI is InChI=1S/C31H37N3O4S2/c1-3-19-34(31(35)38-25-26-11-6-4-7-12-26)28-17-21-33(22-18-28)20-16-27(30-15-10-23-39-30)24-32(2)40(36,37)29-13-8-5-9-14-29/h1,4-15,23,27-28H,16-22,24-25H2,2H3/t27-/m1/s1. The molecule has 0 saturated carbocycles. The summed E-state index contributed by atoms with van der Waals surface area (Å²) in [5, 5.41) is 2.04. The van der Waals surface area contributed by atoms with E-state index in [1.165, 1.54) is 9.18 Å². The van der Waals surface area contributed by atoms with Gasteiger partial charge in [-0.1, -0.05) is 60.5 Å². The van der Waals surface area contributed by atoms with Crippen molar-refractivity contribution in [2.24, 2.45) is 0 Å². The van der Waals surface area contributed by atoms with Gasteiger partial charge in [-0.05, 0) is 54.9 Å². The number of rotatable bonds is 12. The van der Waals surface area contributed by atoms with Crippen LogP contribution in [-0.2, 0) is 21.4 Å². The zero-order chi connectivity index (χ0) is 28.4. The maximum Gasteiger partial charge on any atom is 0.411 e. The third-order valence-electron chi connectivity index (χ3n) is 7.37. The summed E-state index contributed by atoms with van der Waals surface area (Å²) in [7, 11) is -1.90. The van der Waals surface area contributed by atoms with Gasteiger partial charge in [0, 0.05) is 43.5 Å². The van der Waals surface area contributed by atoms with Gasteiger partial charge in [-0.25, -0.2) is 17.5 Å². The molecule has 1 aliphatic rings. The molecule has 1 fully saturated rings. The largest absolute Gasteiger partial charge is 0.445 e. The summed E-state index contributed by atoms with van der Waals surface area (Å²) in [6.45, 7) is 3.39. The van der Waals surface area contributed by atoms with Crippen molar-refractivity contribution in [1.29, 1.82) is 0 Å². The number of piperidine rings is 1. The molecule has 1 saturated heterocycles. The minimum Gasteiger partial charge on any atom is -0.445 e. The number of nitrogens with zero attached hydrogens (tertiary/aromatic N) is 3. The molecule has 0 unspecified atom stereocenters. The summed E-state index contributed by atoms with van der Waals surface area (Å²) in [5.74, 6) is 2.70. The van der Waals surface area contributed by atoms with Gasteiger partial charge in [-0.2, -0.15) is 0 Å². The molecule has 40 heavy (non-hydrogen) atoms. The van der Waals surface area contributed by atoms with E-state index >= 15 is 0 Å². The highest BCUT2D eigenvalue weighted by Crippen LogP contribution is 2.28. The molecule has 0 spiro atoms. The molecule has 1 amide bonds. The van der Waals surface area contributed by atoms with Gasteiger partial charge in [0.15, 0.2) is 0 Å². The molecule has 0 N–H and O–H groups in total. The van der Waals surface area contributed by atoms with E-state index in [0.717, 1.165) is 44.5 Å². The summed E-state index contributed by atoms with van der Waals surface area (Å²) in [4.78, 5) is 18.4. The van der Waals surface area contributed by atoms with Gasteiger partial charge in [0.05, 0.1) is 11.4 Å². The fourth-order valence-electron chi connectivity index (χ4n) is 5.06. The molecular formula is C31H37N3O4S2. The molecule has 3 aromatic rings. The van der Waals surface area contributed by atoms with Crippen molar-refractivity contribution in [3.63, 3.8) is 0 Å². The van der Waals surface area contributed by atoms with Crippen molar-refractivity contribution in [2.45, 2.75) is 42.7 Å². The van der Waals surface area contributed by atoms with Crippen LogP contribution in [0.2, 0.25) is 0 Å². The van der Waals surface area contributed by atoms with E-state index < -0.39 is 10.0 Å². The van der Waals surface area contributed by atoms with Gasteiger partial charge in [0.2, 0.25) is 10.0 Å². The predicted molar refractivity (Wildman–Crippen MR) is 160 cm³/mol. The maximum absolute atomic E-state index is 13.1. The zero-order valence-corrected chi connectivity index (χ0v) is 24.5. The third-order valence-corrected chi connectivity index (χ3v) is 10.2. The average molecular weight is 580 g/mol. The van der Waals surface area contributed by atoms with Crippen LogP contribution in [0.1, 0.15) is 35.6 Å². The van der Waals surface area contributed by atoms with Gasteiger partial charge in [-0.3, -0.25) is 4.90 Å². The fraction of sp³-hybridized carbons (Fsp3) is 0.387. The second-order valence-electron chi connectivity index (χ2n) is 10.0. The maximum atomic E-state index is 13.1. The van der Waals surface area contributed by atoms with Crippen molar-refractivity contribution in [2.75, 3.05) is 39.8 Å². The number of hydrogen-bond acceptors (Lipinski definition) is 6. The number of carbonyl (C=O) groups excluding carboxylic acids is 1. The molecule has 9 heteroatoms. The van der Waals surface area contributed by atoms with E-state index in [-0.39, 0.29) is 31.2 Å². The van der Waals surface area contributed by atoms with Crippen molar-refractivity contribution in [3.8, 4) is 12.3 Å². The first-order chi connectivity index (χ1) is 19.4. The van der Waals surface area contributed by atoms with Gasteiger partial charge in [0.1, 0.15) is 6.61 Å². The molecule has 0 bridgehead atoms. The summed E-state index contributed by atoms with van der Waals surface area (Å²) < 4.78 is 33.3. The Morgan fingerprint density at radius 2 is 1.75 bits per heavy atom. The zero-order valence-electron chi connectivity index (χ0n) is 22.9. The van der Waals surface area contributed by atoms with Crippen molar-refractivity contribution in [1.82, 2.24) is 14.1 Å².